The zero-order valence-corrected chi connectivity index (χ0v) is 9.68. The predicted octanol–water partition coefficient (Wildman–Crippen LogP) is 2.29. The molecule has 1 heterocycles. The van der Waals surface area contributed by atoms with Crippen LogP contribution < -0.4 is 11.1 Å². The highest BCUT2D eigenvalue weighted by molar-refractivity contribution is 5.72. The Bertz CT molecular complexity index is 712. The summed E-state index contributed by atoms with van der Waals surface area (Å²) in [5.41, 5.74) is 6.44. The molecule has 1 aromatic heterocycles. The molecule has 0 radical (unpaired) electrons. The number of pyridine rings is 1. The summed E-state index contributed by atoms with van der Waals surface area (Å²) in [7, 11) is 0. The van der Waals surface area contributed by atoms with Gasteiger partial charge < -0.3 is 11.1 Å². The molecule has 0 aliphatic heterocycles. The van der Waals surface area contributed by atoms with E-state index in [1.54, 1.807) is 12.1 Å². The van der Waals surface area contributed by atoms with E-state index in [1.165, 1.54) is 24.4 Å². The second-order valence-corrected chi connectivity index (χ2v) is 3.67. The zero-order valence-electron chi connectivity index (χ0n) is 9.68. The SMILES string of the molecule is N#Cc1cnc(Nc2cccc(F)c2C#N)c(N)c1. The molecule has 0 amide bonds. The molecule has 0 aliphatic rings. The summed E-state index contributed by atoms with van der Waals surface area (Å²) in [6.07, 6.45) is 1.34. The van der Waals surface area contributed by atoms with Gasteiger partial charge in [0.2, 0.25) is 0 Å². The number of hydrogen-bond donors (Lipinski definition) is 2. The Morgan fingerprint density at radius 1 is 1.26 bits per heavy atom. The van der Waals surface area contributed by atoms with E-state index in [2.05, 4.69) is 10.3 Å². The minimum atomic E-state index is -0.625. The van der Waals surface area contributed by atoms with Crippen molar-refractivity contribution >= 4 is 17.2 Å². The molecule has 19 heavy (non-hydrogen) atoms. The van der Waals surface area contributed by atoms with Crippen molar-refractivity contribution in [1.29, 1.82) is 10.5 Å². The van der Waals surface area contributed by atoms with Crippen LogP contribution in [0.15, 0.2) is 30.5 Å². The van der Waals surface area contributed by atoms with Crippen LogP contribution >= 0.6 is 0 Å². The molecule has 0 spiro atoms. The van der Waals surface area contributed by atoms with Gasteiger partial charge in [-0.05, 0) is 18.2 Å². The van der Waals surface area contributed by atoms with E-state index >= 15 is 0 Å². The Kier molecular flexibility index (Phi) is 3.26. The van der Waals surface area contributed by atoms with Crippen LogP contribution in [0.4, 0.5) is 21.6 Å². The van der Waals surface area contributed by atoms with Gasteiger partial charge in [-0.1, -0.05) is 6.07 Å². The first kappa shape index (κ1) is 12.3. The Morgan fingerprint density at radius 3 is 2.68 bits per heavy atom. The van der Waals surface area contributed by atoms with Gasteiger partial charge in [-0.3, -0.25) is 0 Å². The van der Waals surface area contributed by atoms with E-state index < -0.39 is 5.82 Å². The third-order valence-electron chi connectivity index (χ3n) is 2.42. The minimum absolute atomic E-state index is 0.118. The van der Waals surface area contributed by atoms with Gasteiger partial charge >= 0.3 is 0 Å². The third kappa shape index (κ3) is 2.43. The van der Waals surface area contributed by atoms with E-state index in [9.17, 15) is 4.39 Å². The number of hydrogen-bond acceptors (Lipinski definition) is 5. The van der Waals surface area contributed by atoms with Gasteiger partial charge in [0.25, 0.3) is 0 Å². The van der Waals surface area contributed by atoms with Crippen molar-refractivity contribution in [2.45, 2.75) is 0 Å². The molecular formula is C13H8FN5. The summed E-state index contributed by atoms with van der Waals surface area (Å²) >= 11 is 0. The second kappa shape index (κ2) is 5.03. The molecule has 5 nitrogen and oxygen atoms in total. The topological polar surface area (TPSA) is 98.5 Å². The lowest BCUT2D eigenvalue weighted by atomic mass is 10.2. The standard InChI is InChI=1S/C13H8FN5/c14-10-2-1-3-12(9(10)6-16)19-13-11(17)4-8(5-15)7-18-13/h1-4,7H,17H2,(H,18,19). The number of anilines is 3. The molecule has 1 aromatic carbocycles. The first-order chi connectivity index (χ1) is 9.15. The Balaban J connectivity index is 2.41. The van der Waals surface area contributed by atoms with Crippen molar-refractivity contribution in [2.24, 2.45) is 0 Å². The number of halogens is 1. The second-order valence-electron chi connectivity index (χ2n) is 3.67. The molecule has 92 valence electrons. The van der Waals surface area contributed by atoms with Crippen molar-refractivity contribution in [3.63, 3.8) is 0 Å². The van der Waals surface area contributed by atoms with Gasteiger partial charge in [0, 0.05) is 6.20 Å². The molecule has 6 heteroatoms. The summed E-state index contributed by atoms with van der Waals surface area (Å²) in [6.45, 7) is 0. The highest BCUT2D eigenvalue weighted by atomic mass is 19.1. The van der Waals surface area contributed by atoms with Gasteiger partial charge in [-0.2, -0.15) is 10.5 Å². The maximum Gasteiger partial charge on any atom is 0.153 e. The first-order valence-electron chi connectivity index (χ1n) is 5.27. The lowest BCUT2D eigenvalue weighted by Gasteiger charge is -2.09. The van der Waals surface area contributed by atoms with Crippen LogP contribution in [0, 0.1) is 28.5 Å². The van der Waals surface area contributed by atoms with Crippen molar-refractivity contribution in [1.82, 2.24) is 4.98 Å². The zero-order chi connectivity index (χ0) is 13.8. The molecule has 0 unspecified atom stereocenters. The van der Waals surface area contributed by atoms with Crippen molar-refractivity contribution in [3.8, 4) is 12.1 Å². The van der Waals surface area contributed by atoms with Crippen LogP contribution in [-0.4, -0.2) is 4.98 Å². The third-order valence-corrected chi connectivity index (χ3v) is 2.42. The fourth-order valence-electron chi connectivity index (χ4n) is 1.52. The Morgan fingerprint density at radius 2 is 2.05 bits per heavy atom. The van der Waals surface area contributed by atoms with Gasteiger partial charge in [-0.25, -0.2) is 9.37 Å². The molecular weight excluding hydrogens is 245 g/mol. The summed E-state index contributed by atoms with van der Waals surface area (Å²) in [5, 5.41) is 20.4. The molecule has 0 saturated heterocycles. The number of nitrogen functional groups attached to an aromatic ring is 1. The fraction of sp³-hybridized carbons (Fsp3) is 0. The number of aromatic nitrogens is 1. The molecule has 0 saturated carbocycles. The minimum Gasteiger partial charge on any atom is -0.396 e. The maximum absolute atomic E-state index is 13.4. The number of nitrogens with one attached hydrogen (secondary N) is 1. The predicted molar refractivity (Wildman–Crippen MR) is 67.8 cm³/mol. The molecule has 0 aliphatic carbocycles. The lowest BCUT2D eigenvalue weighted by molar-refractivity contribution is 0.624. The van der Waals surface area contributed by atoms with Gasteiger partial charge in [0.05, 0.1) is 16.9 Å². The highest BCUT2D eigenvalue weighted by Gasteiger charge is 2.10. The van der Waals surface area contributed by atoms with Crippen LogP contribution in [0.25, 0.3) is 0 Å². The number of rotatable bonds is 2. The van der Waals surface area contributed by atoms with E-state index in [0.717, 1.165) is 0 Å². The van der Waals surface area contributed by atoms with Crippen LogP contribution in [0.3, 0.4) is 0 Å². The summed E-state index contributed by atoms with van der Waals surface area (Å²) in [5.74, 6) is -0.360. The first-order valence-corrected chi connectivity index (χ1v) is 5.27. The normalized spacial score (nSPS) is 9.42. The molecule has 0 bridgehead atoms. The van der Waals surface area contributed by atoms with Gasteiger partial charge in [0.15, 0.2) is 5.82 Å². The van der Waals surface area contributed by atoms with Crippen LogP contribution in [0.5, 0.6) is 0 Å². The molecule has 0 atom stereocenters. The average Bonchev–Trinajstić information content (AvgIpc) is 2.41. The van der Waals surface area contributed by atoms with E-state index in [1.807, 2.05) is 6.07 Å². The van der Waals surface area contributed by atoms with Crippen molar-refractivity contribution in [3.05, 3.63) is 47.4 Å². The monoisotopic (exact) mass is 253 g/mol. The quantitative estimate of drug-likeness (QED) is 0.855. The smallest absolute Gasteiger partial charge is 0.153 e. The summed E-state index contributed by atoms with van der Waals surface area (Å²) < 4.78 is 13.4. The highest BCUT2D eigenvalue weighted by Crippen LogP contribution is 2.25. The summed E-state index contributed by atoms with van der Waals surface area (Å²) in [6, 6.07) is 9.33. The average molecular weight is 253 g/mol. The van der Waals surface area contributed by atoms with E-state index in [-0.39, 0.29) is 22.8 Å². The molecule has 0 fully saturated rings. The molecule has 2 aromatic rings. The number of benzene rings is 1. The van der Waals surface area contributed by atoms with E-state index in [0.29, 0.717) is 5.56 Å². The Hall–Kier alpha value is -3.12. The van der Waals surface area contributed by atoms with Crippen LogP contribution in [0.1, 0.15) is 11.1 Å². The Labute approximate surface area is 108 Å². The number of nitrogens with two attached hydrogens (primary N) is 1. The van der Waals surface area contributed by atoms with Crippen LogP contribution in [0.2, 0.25) is 0 Å². The van der Waals surface area contributed by atoms with Gasteiger partial charge in [0.1, 0.15) is 23.5 Å². The fourth-order valence-corrected chi connectivity index (χ4v) is 1.52. The van der Waals surface area contributed by atoms with Crippen molar-refractivity contribution in [2.75, 3.05) is 11.1 Å². The maximum atomic E-state index is 13.4. The summed E-state index contributed by atoms with van der Waals surface area (Å²) in [4.78, 5) is 3.96. The number of nitrogens with zero attached hydrogens (tertiary/aromatic N) is 3. The van der Waals surface area contributed by atoms with Gasteiger partial charge in [-0.15, -0.1) is 0 Å². The number of nitriles is 2. The van der Waals surface area contributed by atoms with E-state index in [4.69, 9.17) is 16.3 Å². The van der Waals surface area contributed by atoms with Crippen LogP contribution in [-0.2, 0) is 0 Å². The largest absolute Gasteiger partial charge is 0.396 e. The molecule has 2 rings (SSSR count). The lowest BCUT2D eigenvalue weighted by Crippen LogP contribution is -2.02. The van der Waals surface area contributed by atoms with Crippen molar-refractivity contribution < 1.29 is 4.39 Å². The molecule has 3 N–H and O–H groups in total.